The minimum Gasteiger partial charge on any atom is -0.326 e. The molecule has 0 aliphatic rings. The van der Waals surface area contributed by atoms with Crippen LogP contribution in [0.2, 0.25) is 0 Å². The Morgan fingerprint density at radius 2 is 1.61 bits per heavy atom. The molecule has 2 N–H and O–H groups in total. The van der Waals surface area contributed by atoms with Crippen LogP contribution >= 0.6 is 0 Å². The summed E-state index contributed by atoms with van der Waals surface area (Å²) in [5.74, 6) is 0. The zero-order valence-corrected chi connectivity index (χ0v) is 10.9. The van der Waals surface area contributed by atoms with Gasteiger partial charge >= 0.3 is 0 Å². The summed E-state index contributed by atoms with van der Waals surface area (Å²) in [7, 11) is -3.45. The number of sulfone groups is 1. The van der Waals surface area contributed by atoms with Gasteiger partial charge in [0, 0.05) is 6.54 Å². The zero-order valence-electron chi connectivity index (χ0n) is 10.1. The Kier molecular flexibility index (Phi) is 3.50. The Hall–Kier alpha value is -1.65. The fraction of sp³-hybridized carbons (Fsp3) is 0.143. The fourth-order valence-corrected chi connectivity index (χ4v) is 3.19. The second-order valence-electron chi connectivity index (χ2n) is 4.17. The van der Waals surface area contributed by atoms with Crippen molar-refractivity contribution in [3.05, 3.63) is 59.7 Å². The number of nitrogens with two attached hydrogens (primary N) is 1. The highest BCUT2D eigenvalue weighted by Gasteiger charge is 2.17. The van der Waals surface area contributed by atoms with E-state index in [0.717, 1.165) is 11.1 Å². The first kappa shape index (κ1) is 12.8. The van der Waals surface area contributed by atoms with Gasteiger partial charge in [-0.2, -0.15) is 0 Å². The van der Waals surface area contributed by atoms with Crippen LogP contribution in [0.3, 0.4) is 0 Å². The number of rotatable bonds is 3. The summed E-state index contributed by atoms with van der Waals surface area (Å²) in [6, 6.07) is 13.6. The van der Waals surface area contributed by atoms with E-state index in [9.17, 15) is 8.42 Å². The van der Waals surface area contributed by atoms with Gasteiger partial charge in [-0.3, -0.25) is 0 Å². The van der Waals surface area contributed by atoms with Gasteiger partial charge < -0.3 is 5.73 Å². The van der Waals surface area contributed by atoms with Crippen LogP contribution in [-0.4, -0.2) is 8.42 Å². The minimum absolute atomic E-state index is 0.288. The molecule has 0 radical (unpaired) electrons. The third-order valence-electron chi connectivity index (χ3n) is 2.74. The summed E-state index contributed by atoms with van der Waals surface area (Å²) in [6.45, 7) is 2.20. The SMILES string of the molecule is Cc1cccc(S(=O)(=O)c2cccc(CN)c2)c1. The van der Waals surface area contributed by atoms with E-state index in [0.29, 0.717) is 11.4 Å². The molecule has 3 nitrogen and oxygen atoms in total. The molecule has 0 bridgehead atoms. The molecule has 0 saturated carbocycles. The highest BCUT2D eigenvalue weighted by molar-refractivity contribution is 7.91. The van der Waals surface area contributed by atoms with Gasteiger partial charge in [0.1, 0.15) is 0 Å². The quantitative estimate of drug-likeness (QED) is 0.922. The molecule has 94 valence electrons. The molecular formula is C14H15NO2S. The predicted octanol–water partition coefficient (Wildman–Crippen LogP) is 2.29. The topological polar surface area (TPSA) is 60.2 Å². The smallest absolute Gasteiger partial charge is 0.206 e. The van der Waals surface area contributed by atoms with Crippen molar-refractivity contribution in [2.75, 3.05) is 0 Å². The van der Waals surface area contributed by atoms with Gasteiger partial charge in [0.05, 0.1) is 9.79 Å². The lowest BCUT2D eigenvalue weighted by Crippen LogP contribution is -2.04. The molecule has 2 aromatic rings. The maximum Gasteiger partial charge on any atom is 0.206 e. The minimum atomic E-state index is -3.45. The van der Waals surface area contributed by atoms with Crippen molar-refractivity contribution in [2.24, 2.45) is 5.73 Å². The van der Waals surface area contributed by atoms with E-state index in [1.807, 2.05) is 19.1 Å². The van der Waals surface area contributed by atoms with Crippen molar-refractivity contribution in [1.29, 1.82) is 0 Å². The van der Waals surface area contributed by atoms with Crippen molar-refractivity contribution < 1.29 is 8.42 Å². The van der Waals surface area contributed by atoms with Crippen LogP contribution in [0.1, 0.15) is 11.1 Å². The van der Waals surface area contributed by atoms with Crippen molar-refractivity contribution in [3.8, 4) is 0 Å². The maximum atomic E-state index is 12.4. The first-order chi connectivity index (χ1) is 8.54. The van der Waals surface area contributed by atoms with Crippen LogP contribution in [-0.2, 0) is 16.4 Å². The van der Waals surface area contributed by atoms with Crippen molar-refractivity contribution in [2.45, 2.75) is 23.3 Å². The van der Waals surface area contributed by atoms with Gasteiger partial charge in [0.2, 0.25) is 9.84 Å². The average molecular weight is 261 g/mol. The van der Waals surface area contributed by atoms with E-state index in [4.69, 9.17) is 5.73 Å². The van der Waals surface area contributed by atoms with E-state index >= 15 is 0 Å². The summed E-state index contributed by atoms with van der Waals surface area (Å²) in [5.41, 5.74) is 7.26. The summed E-state index contributed by atoms with van der Waals surface area (Å²) in [4.78, 5) is 0.604. The van der Waals surface area contributed by atoms with Gasteiger partial charge in [0.25, 0.3) is 0 Å². The molecule has 0 aliphatic carbocycles. The standard InChI is InChI=1S/C14H15NO2S/c1-11-4-2-6-13(8-11)18(16,17)14-7-3-5-12(9-14)10-15/h2-9H,10,15H2,1H3. The molecule has 0 aromatic heterocycles. The molecule has 0 aliphatic heterocycles. The lowest BCUT2D eigenvalue weighted by molar-refractivity contribution is 0.596. The Balaban J connectivity index is 2.54. The second-order valence-corrected chi connectivity index (χ2v) is 6.12. The van der Waals surface area contributed by atoms with Crippen LogP contribution in [0.5, 0.6) is 0 Å². The largest absolute Gasteiger partial charge is 0.326 e. The molecule has 0 unspecified atom stereocenters. The Morgan fingerprint density at radius 1 is 1.00 bits per heavy atom. The fourth-order valence-electron chi connectivity index (χ4n) is 1.76. The van der Waals surface area contributed by atoms with Crippen molar-refractivity contribution >= 4 is 9.84 Å². The number of hydrogen-bond acceptors (Lipinski definition) is 3. The summed E-state index contributed by atoms with van der Waals surface area (Å²) >= 11 is 0. The Morgan fingerprint density at radius 3 is 2.22 bits per heavy atom. The van der Waals surface area contributed by atoms with Gasteiger partial charge in [-0.05, 0) is 42.3 Å². The molecule has 18 heavy (non-hydrogen) atoms. The molecule has 0 amide bonds. The van der Waals surface area contributed by atoms with E-state index in [2.05, 4.69) is 0 Å². The van der Waals surface area contributed by atoms with Crippen molar-refractivity contribution in [1.82, 2.24) is 0 Å². The molecule has 0 heterocycles. The zero-order chi connectivity index (χ0) is 13.2. The third kappa shape index (κ3) is 2.44. The monoisotopic (exact) mass is 261 g/mol. The molecule has 0 saturated heterocycles. The van der Waals surface area contributed by atoms with Crippen LogP contribution in [0.4, 0.5) is 0 Å². The third-order valence-corrected chi connectivity index (χ3v) is 4.49. The van der Waals surface area contributed by atoms with Crippen LogP contribution in [0, 0.1) is 6.92 Å². The van der Waals surface area contributed by atoms with Crippen LogP contribution < -0.4 is 5.73 Å². The lowest BCUT2D eigenvalue weighted by Gasteiger charge is -2.06. The van der Waals surface area contributed by atoms with Crippen LogP contribution in [0.25, 0.3) is 0 Å². The molecule has 0 atom stereocenters. The van der Waals surface area contributed by atoms with E-state index in [1.54, 1.807) is 36.4 Å². The van der Waals surface area contributed by atoms with E-state index < -0.39 is 9.84 Å². The summed E-state index contributed by atoms with van der Waals surface area (Å²) in [5, 5.41) is 0. The molecule has 0 spiro atoms. The van der Waals surface area contributed by atoms with Gasteiger partial charge in [-0.25, -0.2) is 8.42 Å². The van der Waals surface area contributed by atoms with Crippen LogP contribution in [0.15, 0.2) is 58.3 Å². The summed E-state index contributed by atoms with van der Waals surface area (Å²) < 4.78 is 24.8. The molecular weight excluding hydrogens is 246 g/mol. The highest BCUT2D eigenvalue weighted by Crippen LogP contribution is 2.22. The van der Waals surface area contributed by atoms with E-state index in [-0.39, 0.29) is 4.90 Å². The van der Waals surface area contributed by atoms with Gasteiger partial charge in [-0.15, -0.1) is 0 Å². The average Bonchev–Trinajstić information content (AvgIpc) is 2.39. The number of aryl methyl sites for hydroxylation is 1. The van der Waals surface area contributed by atoms with Crippen molar-refractivity contribution in [3.63, 3.8) is 0 Å². The van der Waals surface area contributed by atoms with Gasteiger partial charge in [0.15, 0.2) is 0 Å². The lowest BCUT2D eigenvalue weighted by atomic mass is 10.2. The Labute approximate surface area is 107 Å². The predicted molar refractivity (Wildman–Crippen MR) is 71.0 cm³/mol. The maximum absolute atomic E-state index is 12.4. The number of hydrogen-bond donors (Lipinski definition) is 1. The van der Waals surface area contributed by atoms with E-state index in [1.165, 1.54) is 0 Å². The first-order valence-corrected chi connectivity index (χ1v) is 7.13. The highest BCUT2D eigenvalue weighted by atomic mass is 32.2. The molecule has 0 fully saturated rings. The molecule has 2 aromatic carbocycles. The summed E-state index contributed by atoms with van der Waals surface area (Å²) in [6.07, 6.45) is 0. The number of benzene rings is 2. The second kappa shape index (κ2) is 4.92. The Bertz CT molecular complexity index is 663. The molecule has 4 heteroatoms. The molecule has 2 rings (SSSR count). The van der Waals surface area contributed by atoms with Gasteiger partial charge in [-0.1, -0.05) is 24.3 Å². The first-order valence-electron chi connectivity index (χ1n) is 5.65. The normalized spacial score (nSPS) is 11.4.